The number of hydrogen-bond acceptors (Lipinski definition) is 4. The van der Waals surface area contributed by atoms with Crippen LogP contribution >= 0.6 is 0 Å². The van der Waals surface area contributed by atoms with E-state index >= 15 is 0 Å². The van der Waals surface area contributed by atoms with Crippen molar-refractivity contribution in [1.82, 2.24) is 19.7 Å². The normalized spacial score (nSPS) is 15.6. The standard InChI is InChI=1S/C20H22N4O/c25-20(17-9-3-1-4-10-17,18-11-5-2-6-12-18)19-21-15-22-24(19)16-23-13-7-8-14-23/h1-6,9-12,15,25H,7-8,13-14,16H2. The van der Waals surface area contributed by atoms with Crippen molar-refractivity contribution in [3.8, 4) is 0 Å². The van der Waals surface area contributed by atoms with E-state index in [-0.39, 0.29) is 0 Å². The summed E-state index contributed by atoms with van der Waals surface area (Å²) in [4.78, 5) is 6.80. The topological polar surface area (TPSA) is 54.2 Å². The first-order valence-corrected chi connectivity index (χ1v) is 8.72. The third kappa shape index (κ3) is 2.97. The summed E-state index contributed by atoms with van der Waals surface area (Å²) < 4.78 is 1.82. The van der Waals surface area contributed by atoms with E-state index in [9.17, 15) is 5.11 Å². The van der Waals surface area contributed by atoms with Crippen molar-refractivity contribution in [2.75, 3.05) is 13.1 Å². The van der Waals surface area contributed by atoms with Gasteiger partial charge in [-0.25, -0.2) is 9.67 Å². The number of benzene rings is 2. The van der Waals surface area contributed by atoms with Crippen LogP contribution in [0.3, 0.4) is 0 Å². The fourth-order valence-corrected chi connectivity index (χ4v) is 3.54. The highest BCUT2D eigenvalue weighted by atomic mass is 16.3. The maximum atomic E-state index is 11.8. The maximum absolute atomic E-state index is 11.8. The third-order valence-corrected chi connectivity index (χ3v) is 4.85. The van der Waals surface area contributed by atoms with Crippen LogP contribution in [0.15, 0.2) is 67.0 Å². The molecular formula is C20H22N4O. The molecule has 0 spiro atoms. The van der Waals surface area contributed by atoms with Gasteiger partial charge in [-0.2, -0.15) is 5.10 Å². The summed E-state index contributed by atoms with van der Waals surface area (Å²) in [7, 11) is 0. The highest BCUT2D eigenvalue weighted by Gasteiger charge is 2.38. The van der Waals surface area contributed by atoms with E-state index in [4.69, 9.17) is 0 Å². The zero-order chi connectivity index (χ0) is 17.1. The molecule has 0 amide bonds. The van der Waals surface area contributed by atoms with Crippen molar-refractivity contribution in [2.24, 2.45) is 0 Å². The maximum Gasteiger partial charge on any atom is 0.174 e. The van der Waals surface area contributed by atoms with Crippen molar-refractivity contribution in [2.45, 2.75) is 25.1 Å². The predicted molar refractivity (Wildman–Crippen MR) is 95.8 cm³/mol. The van der Waals surface area contributed by atoms with E-state index in [2.05, 4.69) is 15.0 Å². The van der Waals surface area contributed by atoms with Gasteiger partial charge in [-0.15, -0.1) is 0 Å². The Kier molecular flexibility index (Phi) is 4.34. The van der Waals surface area contributed by atoms with Gasteiger partial charge in [0.05, 0.1) is 6.67 Å². The van der Waals surface area contributed by atoms with Crippen LogP contribution in [0, 0.1) is 0 Å². The van der Waals surface area contributed by atoms with Crippen LogP contribution in [0.25, 0.3) is 0 Å². The van der Waals surface area contributed by atoms with Crippen molar-refractivity contribution >= 4 is 0 Å². The van der Waals surface area contributed by atoms with Gasteiger partial charge in [0.2, 0.25) is 0 Å². The smallest absolute Gasteiger partial charge is 0.174 e. The first-order valence-electron chi connectivity index (χ1n) is 8.72. The van der Waals surface area contributed by atoms with Gasteiger partial charge in [0.15, 0.2) is 11.4 Å². The molecule has 1 fully saturated rings. The molecule has 5 heteroatoms. The molecule has 1 aromatic heterocycles. The Morgan fingerprint density at radius 3 is 2.00 bits per heavy atom. The van der Waals surface area contributed by atoms with Gasteiger partial charge in [-0.05, 0) is 37.1 Å². The molecule has 1 N–H and O–H groups in total. The van der Waals surface area contributed by atoms with E-state index in [1.54, 1.807) is 0 Å². The van der Waals surface area contributed by atoms with Gasteiger partial charge in [0, 0.05) is 0 Å². The number of nitrogens with zero attached hydrogens (tertiary/aromatic N) is 4. The Morgan fingerprint density at radius 1 is 0.880 bits per heavy atom. The molecule has 4 rings (SSSR count). The summed E-state index contributed by atoms with van der Waals surface area (Å²) in [5.41, 5.74) is 0.243. The molecule has 128 valence electrons. The molecule has 0 radical (unpaired) electrons. The summed E-state index contributed by atoms with van der Waals surface area (Å²) >= 11 is 0. The van der Waals surface area contributed by atoms with Gasteiger partial charge < -0.3 is 5.11 Å². The second kappa shape index (κ2) is 6.78. The predicted octanol–water partition coefficient (Wildman–Crippen LogP) is 2.62. The first-order chi connectivity index (χ1) is 12.3. The zero-order valence-corrected chi connectivity index (χ0v) is 14.1. The molecule has 5 nitrogen and oxygen atoms in total. The number of likely N-dealkylation sites (tertiary alicyclic amines) is 1. The molecule has 1 aliphatic heterocycles. The lowest BCUT2D eigenvalue weighted by atomic mass is 9.85. The molecule has 0 aliphatic carbocycles. The van der Waals surface area contributed by atoms with Gasteiger partial charge in [0.25, 0.3) is 0 Å². The monoisotopic (exact) mass is 334 g/mol. The van der Waals surface area contributed by atoms with Crippen molar-refractivity contribution in [3.63, 3.8) is 0 Å². The number of aliphatic hydroxyl groups is 1. The first kappa shape index (κ1) is 16.0. The van der Waals surface area contributed by atoms with Crippen molar-refractivity contribution < 1.29 is 5.11 Å². The largest absolute Gasteiger partial charge is 0.373 e. The lowest BCUT2D eigenvalue weighted by molar-refractivity contribution is 0.103. The van der Waals surface area contributed by atoms with Crippen molar-refractivity contribution in [3.05, 3.63) is 83.9 Å². The minimum Gasteiger partial charge on any atom is -0.373 e. The molecule has 0 atom stereocenters. The molecule has 2 aromatic carbocycles. The molecule has 0 unspecified atom stereocenters. The molecule has 1 saturated heterocycles. The Bertz CT molecular complexity index is 770. The van der Waals surface area contributed by atoms with Crippen LogP contribution in [0.4, 0.5) is 0 Å². The van der Waals surface area contributed by atoms with Crippen LogP contribution in [0.1, 0.15) is 29.8 Å². The van der Waals surface area contributed by atoms with E-state index < -0.39 is 5.60 Å². The molecule has 0 bridgehead atoms. The van der Waals surface area contributed by atoms with E-state index in [0.717, 1.165) is 24.2 Å². The van der Waals surface area contributed by atoms with Gasteiger partial charge >= 0.3 is 0 Å². The number of aromatic nitrogens is 3. The van der Waals surface area contributed by atoms with Crippen LogP contribution in [-0.4, -0.2) is 37.9 Å². The molecule has 1 aliphatic rings. The summed E-state index contributed by atoms with van der Waals surface area (Å²) in [6, 6.07) is 19.4. The quantitative estimate of drug-likeness (QED) is 0.779. The van der Waals surface area contributed by atoms with Crippen LogP contribution in [0.5, 0.6) is 0 Å². The molecule has 3 aromatic rings. The van der Waals surface area contributed by atoms with Gasteiger partial charge in [-0.1, -0.05) is 60.7 Å². The van der Waals surface area contributed by atoms with Gasteiger partial charge in [-0.3, -0.25) is 4.90 Å². The van der Waals surface area contributed by atoms with Crippen LogP contribution < -0.4 is 0 Å². The van der Waals surface area contributed by atoms with Crippen LogP contribution in [-0.2, 0) is 12.3 Å². The van der Waals surface area contributed by atoms with Crippen LogP contribution in [0.2, 0.25) is 0 Å². The summed E-state index contributed by atoms with van der Waals surface area (Å²) in [5, 5.41) is 16.2. The summed E-state index contributed by atoms with van der Waals surface area (Å²) in [6.45, 7) is 2.78. The summed E-state index contributed by atoms with van der Waals surface area (Å²) in [5.74, 6) is 0.553. The second-order valence-electron chi connectivity index (χ2n) is 6.49. The lowest BCUT2D eigenvalue weighted by Crippen LogP contribution is -2.35. The Hall–Kier alpha value is -2.50. The SMILES string of the molecule is OC(c1ccccc1)(c1ccccc1)c1ncnn1CN1CCCC1. The minimum absolute atomic E-state index is 0.553. The lowest BCUT2D eigenvalue weighted by Gasteiger charge is -2.29. The average molecular weight is 334 g/mol. The van der Waals surface area contributed by atoms with E-state index in [0.29, 0.717) is 12.5 Å². The number of hydrogen-bond donors (Lipinski definition) is 1. The Morgan fingerprint density at radius 2 is 1.44 bits per heavy atom. The Labute approximate surface area is 147 Å². The third-order valence-electron chi connectivity index (χ3n) is 4.85. The van der Waals surface area contributed by atoms with Gasteiger partial charge in [0.1, 0.15) is 6.33 Å². The summed E-state index contributed by atoms with van der Waals surface area (Å²) in [6.07, 6.45) is 3.96. The molecule has 2 heterocycles. The minimum atomic E-state index is -1.33. The molecular weight excluding hydrogens is 312 g/mol. The molecule has 0 saturated carbocycles. The highest BCUT2D eigenvalue weighted by Crippen LogP contribution is 2.35. The second-order valence-corrected chi connectivity index (χ2v) is 6.49. The van der Waals surface area contributed by atoms with Crippen molar-refractivity contribution in [1.29, 1.82) is 0 Å². The Balaban J connectivity index is 1.81. The molecule has 25 heavy (non-hydrogen) atoms. The fraction of sp³-hybridized carbons (Fsp3) is 0.300. The average Bonchev–Trinajstić information content (AvgIpc) is 3.35. The number of rotatable bonds is 5. The highest BCUT2D eigenvalue weighted by molar-refractivity contribution is 5.42. The van der Waals surface area contributed by atoms with E-state index in [1.165, 1.54) is 19.2 Å². The fourth-order valence-electron chi connectivity index (χ4n) is 3.54. The zero-order valence-electron chi connectivity index (χ0n) is 14.1. The van der Waals surface area contributed by atoms with E-state index in [1.807, 2.05) is 65.3 Å².